The number of nitriles is 1. The molecular formula is C13H12N2. The molecule has 2 aromatic rings. The van der Waals surface area contributed by atoms with Gasteiger partial charge in [0.15, 0.2) is 0 Å². The molecule has 0 aliphatic heterocycles. The average Bonchev–Trinajstić information content (AvgIpc) is 2.27. The molecule has 15 heavy (non-hydrogen) atoms. The molecule has 0 amide bonds. The highest BCUT2D eigenvalue weighted by Crippen LogP contribution is 2.20. The van der Waals surface area contributed by atoms with E-state index >= 15 is 0 Å². The third-order valence-corrected chi connectivity index (χ3v) is 2.55. The van der Waals surface area contributed by atoms with E-state index in [0.717, 1.165) is 22.2 Å². The molecule has 0 unspecified atom stereocenters. The summed E-state index contributed by atoms with van der Waals surface area (Å²) in [6.07, 6.45) is 0. The van der Waals surface area contributed by atoms with Crippen LogP contribution in [0.4, 0.5) is 0 Å². The van der Waals surface area contributed by atoms with Crippen LogP contribution in [0.1, 0.15) is 24.1 Å². The van der Waals surface area contributed by atoms with Crippen LogP contribution in [0, 0.1) is 18.3 Å². The fourth-order valence-electron chi connectivity index (χ4n) is 1.59. The minimum atomic E-state index is -0.0595. The topological polar surface area (TPSA) is 36.7 Å². The third-order valence-electron chi connectivity index (χ3n) is 2.55. The lowest BCUT2D eigenvalue weighted by Crippen LogP contribution is -1.90. The standard InChI is InChI=1S/C13H12N2/c1-9(8-14)11-5-6-13-12(7-11)4-3-10(2)15-13/h3-7,9H,1-2H3/t9-/m0/s1. The zero-order valence-electron chi connectivity index (χ0n) is 8.86. The van der Waals surface area contributed by atoms with Crippen molar-refractivity contribution in [2.75, 3.05) is 0 Å². The van der Waals surface area contributed by atoms with Crippen LogP contribution in [0.2, 0.25) is 0 Å². The molecule has 74 valence electrons. The number of benzene rings is 1. The first-order chi connectivity index (χ1) is 7.20. The van der Waals surface area contributed by atoms with E-state index in [-0.39, 0.29) is 5.92 Å². The summed E-state index contributed by atoms with van der Waals surface area (Å²) >= 11 is 0. The maximum absolute atomic E-state index is 8.84. The number of aromatic nitrogens is 1. The summed E-state index contributed by atoms with van der Waals surface area (Å²) in [5.41, 5.74) is 3.06. The van der Waals surface area contributed by atoms with E-state index in [0.29, 0.717) is 0 Å². The second-order valence-corrected chi connectivity index (χ2v) is 3.76. The number of hydrogen-bond donors (Lipinski definition) is 0. The van der Waals surface area contributed by atoms with Crippen molar-refractivity contribution in [1.29, 1.82) is 5.26 Å². The Bertz CT molecular complexity index is 538. The molecule has 0 radical (unpaired) electrons. The van der Waals surface area contributed by atoms with Gasteiger partial charge in [0.05, 0.1) is 17.5 Å². The summed E-state index contributed by atoms with van der Waals surface area (Å²) in [5.74, 6) is -0.0595. The van der Waals surface area contributed by atoms with Crippen LogP contribution in [0.15, 0.2) is 30.3 Å². The summed E-state index contributed by atoms with van der Waals surface area (Å²) < 4.78 is 0. The molecule has 0 saturated carbocycles. The Morgan fingerprint density at radius 2 is 2.07 bits per heavy atom. The fourth-order valence-corrected chi connectivity index (χ4v) is 1.59. The van der Waals surface area contributed by atoms with E-state index in [4.69, 9.17) is 5.26 Å². The smallest absolute Gasteiger partial charge is 0.0705 e. The van der Waals surface area contributed by atoms with Crippen LogP contribution in [0.5, 0.6) is 0 Å². The van der Waals surface area contributed by atoms with Gasteiger partial charge in [0.2, 0.25) is 0 Å². The minimum Gasteiger partial charge on any atom is -0.253 e. The van der Waals surface area contributed by atoms with Gasteiger partial charge in [0.25, 0.3) is 0 Å². The van der Waals surface area contributed by atoms with Crippen molar-refractivity contribution >= 4 is 10.9 Å². The van der Waals surface area contributed by atoms with Gasteiger partial charge in [-0.1, -0.05) is 12.1 Å². The fraction of sp³-hybridized carbons (Fsp3) is 0.231. The van der Waals surface area contributed by atoms with E-state index < -0.39 is 0 Å². The maximum atomic E-state index is 8.84. The summed E-state index contributed by atoms with van der Waals surface area (Å²) in [5, 5.41) is 9.94. The van der Waals surface area contributed by atoms with Crippen LogP contribution in [0.25, 0.3) is 10.9 Å². The molecule has 2 heteroatoms. The number of pyridine rings is 1. The van der Waals surface area contributed by atoms with Gasteiger partial charge in [-0.3, -0.25) is 4.98 Å². The van der Waals surface area contributed by atoms with Crippen molar-refractivity contribution in [3.05, 3.63) is 41.6 Å². The molecule has 2 nitrogen and oxygen atoms in total. The molecule has 1 atom stereocenters. The van der Waals surface area contributed by atoms with Gasteiger partial charge in [0.1, 0.15) is 0 Å². The van der Waals surface area contributed by atoms with E-state index in [2.05, 4.69) is 11.1 Å². The molecule has 0 aliphatic rings. The van der Waals surface area contributed by atoms with E-state index in [9.17, 15) is 0 Å². The van der Waals surface area contributed by atoms with Crippen LogP contribution in [0.3, 0.4) is 0 Å². The number of rotatable bonds is 1. The van der Waals surface area contributed by atoms with E-state index in [1.54, 1.807) is 0 Å². The predicted octanol–water partition coefficient (Wildman–Crippen LogP) is 3.17. The molecule has 1 aromatic carbocycles. The van der Waals surface area contributed by atoms with E-state index in [1.807, 2.05) is 44.2 Å². The lowest BCUT2D eigenvalue weighted by molar-refractivity contribution is 0.984. The number of fused-ring (bicyclic) bond motifs is 1. The first kappa shape index (κ1) is 9.67. The van der Waals surface area contributed by atoms with Gasteiger partial charge < -0.3 is 0 Å². The highest BCUT2D eigenvalue weighted by molar-refractivity contribution is 5.79. The Hall–Kier alpha value is -1.88. The molecule has 0 aliphatic carbocycles. The molecule has 0 spiro atoms. The zero-order chi connectivity index (χ0) is 10.8. The second-order valence-electron chi connectivity index (χ2n) is 3.76. The van der Waals surface area contributed by atoms with Crippen LogP contribution in [-0.4, -0.2) is 4.98 Å². The molecule has 1 heterocycles. The monoisotopic (exact) mass is 196 g/mol. The Balaban J connectivity index is 2.58. The molecule has 0 fully saturated rings. The van der Waals surface area contributed by atoms with Crippen LogP contribution < -0.4 is 0 Å². The third kappa shape index (κ3) is 1.82. The molecule has 0 saturated heterocycles. The normalized spacial score (nSPS) is 12.3. The van der Waals surface area contributed by atoms with Crippen molar-refractivity contribution in [2.24, 2.45) is 0 Å². The molecule has 2 rings (SSSR count). The van der Waals surface area contributed by atoms with Crippen molar-refractivity contribution in [3.63, 3.8) is 0 Å². The van der Waals surface area contributed by atoms with Gasteiger partial charge >= 0.3 is 0 Å². The first-order valence-electron chi connectivity index (χ1n) is 4.97. The quantitative estimate of drug-likeness (QED) is 0.702. The van der Waals surface area contributed by atoms with Crippen molar-refractivity contribution in [3.8, 4) is 6.07 Å². The number of nitrogens with zero attached hydrogens (tertiary/aromatic N) is 2. The lowest BCUT2D eigenvalue weighted by atomic mass is 10.0. The van der Waals surface area contributed by atoms with Crippen molar-refractivity contribution in [1.82, 2.24) is 4.98 Å². The average molecular weight is 196 g/mol. The van der Waals surface area contributed by atoms with Gasteiger partial charge in [-0.15, -0.1) is 0 Å². The Morgan fingerprint density at radius 3 is 2.80 bits per heavy atom. The Labute approximate surface area is 89.2 Å². The Morgan fingerprint density at radius 1 is 1.27 bits per heavy atom. The number of aryl methyl sites for hydroxylation is 1. The SMILES string of the molecule is Cc1ccc2cc([C@@H](C)C#N)ccc2n1. The highest BCUT2D eigenvalue weighted by atomic mass is 14.7. The summed E-state index contributed by atoms with van der Waals surface area (Å²) in [6, 6.07) is 12.3. The summed E-state index contributed by atoms with van der Waals surface area (Å²) in [4.78, 5) is 4.42. The lowest BCUT2D eigenvalue weighted by Gasteiger charge is -2.04. The molecular weight excluding hydrogens is 184 g/mol. The van der Waals surface area contributed by atoms with Gasteiger partial charge in [-0.2, -0.15) is 5.26 Å². The van der Waals surface area contributed by atoms with Gasteiger partial charge in [0, 0.05) is 11.1 Å². The van der Waals surface area contributed by atoms with Crippen LogP contribution >= 0.6 is 0 Å². The largest absolute Gasteiger partial charge is 0.253 e. The number of hydrogen-bond acceptors (Lipinski definition) is 2. The zero-order valence-corrected chi connectivity index (χ0v) is 8.86. The minimum absolute atomic E-state index is 0.0595. The second kappa shape index (κ2) is 3.70. The molecule has 0 bridgehead atoms. The maximum Gasteiger partial charge on any atom is 0.0705 e. The summed E-state index contributed by atoms with van der Waals surface area (Å²) in [6.45, 7) is 3.88. The summed E-state index contributed by atoms with van der Waals surface area (Å²) in [7, 11) is 0. The predicted molar refractivity (Wildman–Crippen MR) is 60.5 cm³/mol. The van der Waals surface area contributed by atoms with Gasteiger partial charge in [-0.25, -0.2) is 0 Å². The molecule has 1 aromatic heterocycles. The Kier molecular flexibility index (Phi) is 2.39. The van der Waals surface area contributed by atoms with E-state index in [1.165, 1.54) is 0 Å². The van der Waals surface area contributed by atoms with Crippen molar-refractivity contribution in [2.45, 2.75) is 19.8 Å². The highest BCUT2D eigenvalue weighted by Gasteiger charge is 2.04. The van der Waals surface area contributed by atoms with Crippen molar-refractivity contribution < 1.29 is 0 Å². The van der Waals surface area contributed by atoms with Crippen LogP contribution in [-0.2, 0) is 0 Å². The first-order valence-corrected chi connectivity index (χ1v) is 4.97. The van der Waals surface area contributed by atoms with Gasteiger partial charge in [-0.05, 0) is 37.6 Å². The molecule has 0 N–H and O–H groups in total.